The van der Waals surface area contributed by atoms with E-state index < -0.39 is 5.54 Å². The Morgan fingerprint density at radius 2 is 2.24 bits per heavy atom. The average molecular weight is 434 g/mol. The molecule has 0 saturated carbocycles. The summed E-state index contributed by atoms with van der Waals surface area (Å²) >= 11 is 7.37. The molecule has 0 amide bonds. The SMILES string of the molecule is CC1(C(=S)NC/C(=C/[NH2+]c2ccc(N3CCSCC3)c(F)c2)N=N)C=CC=CN1. The lowest BCUT2D eigenvalue weighted by Gasteiger charge is -2.29. The summed E-state index contributed by atoms with van der Waals surface area (Å²) in [5.74, 6) is 1.83. The van der Waals surface area contributed by atoms with Crippen LogP contribution in [0.3, 0.4) is 0 Å². The Kier molecular flexibility index (Phi) is 7.40. The predicted molar refractivity (Wildman–Crippen MR) is 121 cm³/mol. The summed E-state index contributed by atoms with van der Waals surface area (Å²) in [6, 6.07) is 5.24. The summed E-state index contributed by atoms with van der Waals surface area (Å²) in [5.41, 5.74) is 8.83. The molecule has 29 heavy (non-hydrogen) atoms. The molecule has 2 heterocycles. The number of hydrogen-bond acceptors (Lipinski definition) is 6. The predicted octanol–water partition coefficient (Wildman–Crippen LogP) is 2.79. The first-order valence-corrected chi connectivity index (χ1v) is 11.0. The topological polar surface area (TPSA) is 80.1 Å². The molecule has 0 aromatic heterocycles. The van der Waals surface area contributed by atoms with E-state index in [9.17, 15) is 4.39 Å². The van der Waals surface area contributed by atoms with E-state index in [2.05, 4.69) is 20.6 Å². The van der Waals surface area contributed by atoms with Crippen LogP contribution < -0.4 is 20.9 Å². The van der Waals surface area contributed by atoms with Gasteiger partial charge in [-0.05, 0) is 25.3 Å². The zero-order valence-electron chi connectivity index (χ0n) is 16.3. The first-order chi connectivity index (χ1) is 14.0. The summed E-state index contributed by atoms with van der Waals surface area (Å²) in [5, 5.41) is 11.7. The Bertz CT molecular complexity index is 847. The number of halogens is 1. The van der Waals surface area contributed by atoms with Crippen LogP contribution in [0.2, 0.25) is 0 Å². The maximum absolute atomic E-state index is 14.5. The molecule has 6 nitrogen and oxygen atoms in total. The van der Waals surface area contributed by atoms with Gasteiger partial charge in [0.15, 0.2) is 5.82 Å². The van der Waals surface area contributed by atoms with E-state index in [1.165, 1.54) is 6.07 Å². The second-order valence-corrected chi connectivity index (χ2v) is 8.63. The van der Waals surface area contributed by atoms with Crippen LogP contribution in [0.1, 0.15) is 6.92 Å². The van der Waals surface area contributed by atoms with Crippen LogP contribution >= 0.6 is 24.0 Å². The first-order valence-electron chi connectivity index (χ1n) is 9.46. The number of nitrogens with two attached hydrogens (primary N) is 1. The molecule has 1 aromatic rings. The van der Waals surface area contributed by atoms with Crippen molar-refractivity contribution in [2.24, 2.45) is 5.11 Å². The summed E-state index contributed by atoms with van der Waals surface area (Å²) < 4.78 is 14.5. The third-order valence-electron chi connectivity index (χ3n) is 4.86. The molecule has 0 spiro atoms. The number of quaternary nitrogens is 1. The van der Waals surface area contributed by atoms with E-state index in [1.807, 2.05) is 55.2 Å². The molecule has 1 unspecified atom stereocenters. The van der Waals surface area contributed by atoms with Crippen LogP contribution in [-0.2, 0) is 0 Å². The lowest BCUT2D eigenvalue weighted by molar-refractivity contribution is -0.497. The number of thioether (sulfide) groups is 1. The number of dihydropyridines is 1. The molecule has 1 saturated heterocycles. The molecule has 154 valence electrons. The van der Waals surface area contributed by atoms with E-state index >= 15 is 0 Å². The fourth-order valence-corrected chi connectivity index (χ4v) is 4.19. The normalized spacial score (nSPS) is 21.6. The minimum atomic E-state index is -0.465. The van der Waals surface area contributed by atoms with Crippen molar-refractivity contribution in [3.63, 3.8) is 0 Å². The third-order valence-corrected chi connectivity index (χ3v) is 6.37. The molecular weight excluding hydrogens is 407 g/mol. The van der Waals surface area contributed by atoms with Crippen molar-refractivity contribution < 1.29 is 9.71 Å². The maximum atomic E-state index is 14.5. The minimum Gasteiger partial charge on any atom is -0.376 e. The first kappa shape index (κ1) is 21.5. The lowest BCUT2D eigenvalue weighted by atomic mass is 10.00. The van der Waals surface area contributed by atoms with Crippen LogP contribution in [0.25, 0.3) is 0 Å². The van der Waals surface area contributed by atoms with Gasteiger partial charge in [-0.2, -0.15) is 16.9 Å². The van der Waals surface area contributed by atoms with E-state index in [-0.39, 0.29) is 5.82 Å². The number of nitrogens with zero attached hydrogens (tertiary/aromatic N) is 2. The monoisotopic (exact) mass is 433 g/mol. The Balaban J connectivity index is 1.58. The van der Waals surface area contributed by atoms with Crippen molar-refractivity contribution in [3.05, 3.63) is 60.3 Å². The Morgan fingerprint density at radius 3 is 2.90 bits per heavy atom. The molecule has 1 atom stereocenters. The van der Waals surface area contributed by atoms with Crippen LogP contribution in [-0.4, -0.2) is 41.7 Å². The van der Waals surface area contributed by atoms with Crippen molar-refractivity contribution >= 4 is 40.3 Å². The van der Waals surface area contributed by atoms with E-state index in [0.29, 0.717) is 22.9 Å². The van der Waals surface area contributed by atoms with Gasteiger partial charge in [-0.1, -0.05) is 24.4 Å². The van der Waals surface area contributed by atoms with Gasteiger partial charge >= 0.3 is 0 Å². The van der Waals surface area contributed by atoms with Gasteiger partial charge in [0.1, 0.15) is 28.1 Å². The van der Waals surface area contributed by atoms with Gasteiger partial charge < -0.3 is 15.5 Å². The summed E-state index contributed by atoms with van der Waals surface area (Å²) in [6.45, 7) is 4.04. The molecule has 1 aromatic carbocycles. The number of benzene rings is 1. The number of rotatable bonds is 7. The zero-order chi connectivity index (χ0) is 20.7. The van der Waals surface area contributed by atoms with Crippen LogP contribution in [0.4, 0.5) is 15.8 Å². The Labute approximate surface area is 180 Å². The van der Waals surface area contributed by atoms with Crippen molar-refractivity contribution in [3.8, 4) is 0 Å². The molecular formula is C20H26FN6S2+. The van der Waals surface area contributed by atoms with Gasteiger partial charge in [0, 0.05) is 36.7 Å². The smallest absolute Gasteiger partial charge is 0.152 e. The average Bonchev–Trinajstić information content (AvgIpc) is 2.75. The fraction of sp³-hybridized carbons (Fsp3) is 0.350. The van der Waals surface area contributed by atoms with Crippen LogP contribution in [0, 0.1) is 11.3 Å². The second-order valence-electron chi connectivity index (χ2n) is 6.99. The number of anilines is 1. The molecule has 9 heteroatoms. The van der Waals surface area contributed by atoms with E-state index in [1.54, 1.807) is 11.5 Å². The molecule has 1 fully saturated rings. The van der Waals surface area contributed by atoms with Crippen molar-refractivity contribution in [1.82, 2.24) is 10.6 Å². The molecule has 0 radical (unpaired) electrons. The quantitative estimate of drug-likeness (QED) is 0.302. The molecule has 0 aliphatic carbocycles. The lowest BCUT2D eigenvalue weighted by Crippen LogP contribution is -2.71. The summed E-state index contributed by atoms with van der Waals surface area (Å²) in [6.07, 6.45) is 9.36. The Hall–Kier alpha value is -2.23. The highest BCUT2D eigenvalue weighted by molar-refractivity contribution is 7.99. The summed E-state index contributed by atoms with van der Waals surface area (Å²) in [4.78, 5) is 2.70. The minimum absolute atomic E-state index is 0.223. The fourth-order valence-electron chi connectivity index (χ4n) is 3.08. The molecule has 2 aliphatic rings. The second kappa shape index (κ2) is 10.00. The van der Waals surface area contributed by atoms with Crippen molar-refractivity contribution in [2.75, 3.05) is 36.0 Å². The van der Waals surface area contributed by atoms with Crippen molar-refractivity contribution in [2.45, 2.75) is 12.5 Å². The summed E-state index contributed by atoms with van der Waals surface area (Å²) in [7, 11) is 0. The highest BCUT2D eigenvalue weighted by Gasteiger charge is 2.26. The number of hydrogen-bond donors (Lipinski definition) is 4. The zero-order valence-corrected chi connectivity index (χ0v) is 18.0. The van der Waals surface area contributed by atoms with Gasteiger partial charge in [0.05, 0.1) is 12.2 Å². The third kappa shape index (κ3) is 5.65. The van der Waals surface area contributed by atoms with Gasteiger partial charge in [0.25, 0.3) is 0 Å². The van der Waals surface area contributed by atoms with Gasteiger partial charge in [0.2, 0.25) is 0 Å². The highest BCUT2D eigenvalue weighted by atomic mass is 32.2. The number of nitrogens with one attached hydrogen (secondary N) is 3. The number of thiocarbonyl (C=S) groups is 1. The van der Waals surface area contributed by atoms with E-state index in [0.717, 1.165) is 30.3 Å². The molecule has 2 aliphatic heterocycles. The van der Waals surface area contributed by atoms with E-state index in [4.69, 9.17) is 17.7 Å². The van der Waals surface area contributed by atoms with Crippen LogP contribution in [0.15, 0.2) is 59.6 Å². The largest absolute Gasteiger partial charge is 0.376 e. The number of allylic oxidation sites excluding steroid dienone is 2. The van der Waals surface area contributed by atoms with Crippen molar-refractivity contribution in [1.29, 1.82) is 5.53 Å². The highest BCUT2D eigenvalue weighted by Crippen LogP contribution is 2.24. The maximum Gasteiger partial charge on any atom is 0.152 e. The van der Waals surface area contributed by atoms with Gasteiger partial charge in [-0.15, -0.1) is 0 Å². The van der Waals surface area contributed by atoms with Crippen LogP contribution in [0.5, 0.6) is 0 Å². The molecule has 0 bridgehead atoms. The van der Waals surface area contributed by atoms with Gasteiger partial charge in [-0.3, -0.25) is 5.32 Å². The Morgan fingerprint density at radius 1 is 1.45 bits per heavy atom. The van der Waals surface area contributed by atoms with Gasteiger partial charge in [-0.25, -0.2) is 9.92 Å². The molecule has 3 rings (SSSR count). The standard InChI is InChI=1S/C20H25FN6S2/c1-20(6-2-3-7-25-20)19(28)24-14-16(26-22)13-23-15-4-5-18(17(21)12-15)27-8-10-29-11-9-27/h2-7,12-13,22-23,25H,8-11,14H2,1H3,(H,24,28)/p+1/b16-13-,26-22?. The molecule has 5 N–H and O–H groups in total.